The van der Waals surface area contributed by atoms with E-state index in [1.54, 1.807) is 26.1 Å². The van der Waals surface area contributed by atoms with Crippen molar-refractivity contribution in [3.63, 3.8) is 0 Å². The van der Waals surface area contributed by atoms with Crippen molar-refractivity contribution in [3.8, 4) is 34.9 Å². The van der Waals surface area contributed by atoms with Crippen LogP contribution in [0.2, 0.25) is 0 Å². The minimum absolute atomic E-state index is 0.0465. The first-order valence-corrected chi connectivity index (χ1v) is 13.8. The van der Waals surface area contributed by atoms with Crippen molar-refractivity contribution in [2.45, 2.75) is 17.0 Å². The number of nitriles is 1. The number of nitrogens with zero attached hydrogens (tertiary/aromatic N) is 5. The highest BCUT2D eigenvalue weighted by molar-refractivity contribution is 7.99. The molecule has 0 amide bonds. The Kier molecular flexibility index (Phi) is 8.72. The van der Waals surface area contributed by atoms with E-state index in [4.69, 9.17) is 19.5 Å². The second kappa shape index (κ2) is 12.8. The van der Waals surface area contributed by atoms with Crippen molar-refractivity contribution < 1.29 is 32.9 Å². The van der Waals surface area contributed by atoms with Gasteiger partial charge in [0.15, 0.2) is 22.5 Å². The van der Waals surface area contributed by atoms with Crippen LogP contribution in [0.4, 0.5) is 8.78 Å². The molecular formula is C29H22F2N6O6S. The number of hydrogen-bond donors (Lipinski definition) is 2. The molecule has 0 aliphatic carbocycles. The molecule has 0 fully saturated rings. The van der Waals surface area contributed by atoms with Gasteiger partial charge in [-0.3, -0.25) is 9.79 Å². The zero-order valence-electron chi connectivity index (χ0n) is 23.1. The molecule has 0 saturated heterocycles. The van der Waals surface area contributed by atoms with Crippen LogP contribution in [-0.4, -0.2) is 63.5 Å². The number of amidine groups is 1. The summed E-state index contributed by atoms with van der Waals surface area (Å²) in [6, 6.07) is 10.3. The maximum absolute atomic E-state index is 15.5. The van der Waals surface area contributed by atoms with Gasteiger partial charge in [0.2, 0.25) is 11.6 Å². The largest absolute Gasteiger partial charge is 0.504 e. The van der Waals surface area contributed by atoms with Gasteiger partial charge in [0.1, 0.15) is 17.1 Å². The lowest BCUT2D eigenvalue weighted by Crippen LogP contribution is -2.24. The number of phenolic OH excluding ortho intramolecular Hbond substituents is 1. The van der Waals surface area contributed by atoms with Gasteiger partial charge in [-0.2, -0.15) is 9.65 Å². The fraction of sp³-hybridized carbons (Fsp3) is 0.172. The van der Waals surface area contributed by atoms with Crippen LogP contribution in [0.25, 0.3) is 0 Å². The Morgan fingerprint density at radius 2 is 1.98 bits per heavy atom. The minimum atomic E-state index is -1.29. The van der Waals surface area contributed by atoms with E-state index in [1.807, 2.05) is 11.0 Å². The summed E-state index contributed by atoms with van der Waals surface area (Å²) in [5, 5.41) is 19.4. The number of aromatic hydroxyl groups is 1. The Bertz CT molecular complexity index is 1890. The molecule has 0 saturated carbocycles. The van der Waals surface area contributed by atoms with Crippen molar-refractivity contribution in [1.29, 1.82) is 5.26 Å². The summed E-state index contributed by atoms with van der Waals surface area (Å²) in [6.45, 7) is 2.80. The highest BCUT2D eigenvalue weighted by atomic mass is 32.2. The number of aliphatic imine (C=N–C) groups is 1. The number of aromatic nitrogens is 3. The molecule has 2 aromatic carbocycles. The monoisotopic (exact) mass is 620 g/mol. The first-order chi connectivity index (χ1) is 21.2. The fourth-order valence-electron chi connectivity index (χ4n) is 4.03. The second-order valence-electron chi connectivity index (χ2n) is 9.09. The van der Waals surface area contributed by atoms with Gasteiger partial charge in [0.25, 0.3) is 11.4 Å². The van der Waals surface area contributed by atoms with Gasteiger partial charge in [-0.15, -0.1) is 0 Å². The van der Waals surface area contributed by atoms with Crippen LogP contribution in [-0.2, 0) is 4.74 Å². The third-order valence-electron chi connectivity index (χ3n) is 6.14. The van der Waals surface area contributed by atoms with Crippen LogP contribution < -0.4 is 15.0 Å². The van der Waals surface area contributed by atoms with Gasteiger partial charge in [-0.25, -0.2) is 19.2 Å². The lowest BCUT2D eigenvalue weighted by atomic mass is 10.1. The molecule has 224 valence electrons. The average Bonchev–Trinajstić information content (AvgIpc) is 3.43. The number of phenols is 1. The van der Waals surface area contributed by atoms with E-state index in [-0.39, 0.29) is 40.1 Å². The topological polar surface area (TPSA) is 163 Å². The number of carbonyl (C=O) groups is 1. The molecule has 2 aromatic heterocycles. The zero-order chi connectivity index (χ0) is 31.4. The predicted molar refractivity (Wildman–Crippen MR) is 153 cm³/mol. The molecule has 12 nitrogen and oxygen atoms in total. The zero-order valence-corrected chi connectivity index (χ0v) is 23.9. The van der Waals surface area contributed by atoms with Crippen LogP contribution in [0.3, 0.4) is 0 Å². The first-order valence-electron chi connectivity index (χ1n) is 13.0. The van der Waals surface area contributed by atoms with Gasteiger partial charge in [-0.05, 0) is 37.3 Å². The van der Waals surface area contributed by atoms with Gasteiger partial charge in [-0.1, -0.05) is 11.8 Å². The number of likely N-dealkylation sites (N-methyl/N-ethyl adjacent to an activating group) is 1. The number of ether oxygens (including phenoxy) is 3. The first kappa shape index (κ1) is 30.0. The number of nitrogens with one attached hydrogen (secondary N) is 1. The van der Waals surface area contributed by atoms with E-state index in [2.05, 4.69) is 19.9 Å². The Labute approximate surface area is 252 Å². The fourth-order valence-corrected chi connectivity index (χ4v) is 4.82. The number of benzene rings is 2. The molecular weight excluding hydrogens is 598 g/mol. The maximum atomic E-state index is 15.5. The van der Waals surface area contributed by atoms with Gasteiger partial charge in [0, 0.05) is 30.8 Å². The van der Waals surface area contributed by atoms with Gasteiger partial charge in [0.05, 0.1) is 36.5 Å². The van der Waals surface area contributed by atoms with Crippen LogP contribution in [0.15, 0.2) is 68.6 Å². The molecule has 1 aliphatic rings. The van der Waals surface area contributed by atoms with Crippen LogP contribution in [0, 0.1) is 23.0 Å². The lowest BCUT2D eigenvalue weighted by Gasteiger charge is -2.19. The van der Waals surface area contributed by atoms with Gasteiger partial charge >= 0.3 is 5.97 Å². The van der Waals surface area contributed by atoms with E-state index < -0.39 is 34.8 Å². The van der Waals surface area contributed by atoms with Crippen molar-refractivity contribution in [2.75, 3.05) is 26.7 Å². The molecule has 0 radical (unpaired) electrons. The molecule has 4 aromatic rings. The normalized spacial score (nSPS) is 12.4. The number of aromatic amines is 1. The molecule has 0 spiro atoms. The Hall–Kier alpha value is -5.49. The molecule has 0 atom stereocenters. The van der Waals surface area contributed by atoms with E-state index in [9.17, 15) is 19.1 Å². The second-order valence-corrected chi connectivity index (χ2v) is 10.2. The molecule has 44 heavy (non-hydrogen) atoms. The molecule has 5 rings (SSSR count). The summed E-state index contributed by atoms with van der Waals surface area (Å²) in [5.74, 6) is -4.84. The number of hydrogen-bond acceptors (Lipinski definition) is 12. The smallest absolute Gasteiger partial charge is 0.345 e. The highest BCUT2D eigenvalue weighted by Crippen LogP contribution is 2.39. The van der Waals surface area contributed by atoms with Crippen molar-refractivity contribution in [1.82, 2.24) is 19.9 Å². The number of esters is 1. The van der Waals surface area contributed by atoms with Gasteiger partial charge < -0.3 is 29.2 Å². The molecule has 0 bridgehead atoms. The van der Waals surface area contributed by atoms with E-state index in [0.717, 1.165) is 18.0 Å². The highest BCUT2D eigenvalue weighted by Gasteiger charge is 2.25. The number of rotatable bonds is 9. The molecule has 0 unspecified atom stereocenters. The SMILES string of the molecule is CCOC(=O)c1cnc(Sc2ccc(Oc3c(F)cnc(Oc4cc(C#N)ccc4O)c3F)c(C3=NCCN3C)c2)[nH]c1=O. The van der Waals surface area contributed by atoms with E-state index >= 15 is 4.39 Å². The summed E-state index contributed by atoms with van der Waals surface area (Å²) in [4.78, 5) is 41.5. The Morgan fingerprint density at radius 1 is 1.16 bits per heavy atom. The third-order valence-corrected chi connectivity index (χ3v) is 7.03. The van der Waals surface area contributed by atoms with E-state index in [1.165, 1.54) is 24.3 Å². The summed E-state index contributed by atoms with van der Waals surface area (Å²) in [5.41, 5.74) is -0.385. The lowest BCUT2D eigenvalue weighted by molar-refractivity contribution is 0.0523. The molecule has 2 N–H and O–H groups in total. The number of carbonyl (C=O) groups excluding carboxylic acids is 1. The molecule has 1 aliphatic heterocycles. The third kappa shape index (κ3) is 6.30. The van der Waals surface area contributed by atoms with Crippen molar-refractivity contribution in [3.05, 3.63) is 87.5 Å². The Balaban J connectivity index is 1.47. The Morgan fingerprint density at radius 3 is 2.68 bits per heavy atom. The summed E-state index contributed by atoms with van der Waals surface area (Å²) < 4.78 is 46.4. The summed E-state index contributed by atoms with van der Waals surface area (Å²) >= 11 is 1.07. The standard InChI is InChI=1S/C29H22F2N6O6S/c1-3-41-28(40)18-13-35-29(36-26(18)39)44-16-5-7-21(17(11-16)25-33-8-9-37(25)2)42-24-19(30)14-34-27(23(24)31)43-22-10-15(12-32)4-6-20(22)38/h4-7,10-11,13-14,38H,3,8-9H2,1-2H3,(H,35,36,39). The average molecular weight is 621 g/mol. The number of pyridine rings is 1. The van der Waals surface area contributed by atoms with Crippen LogP contribution >= 0.6 is 11.8 Å². The predicted octanol–water partition coefficient (Wildman–Crippen LogP) is 4.62. The summed E-state index contributed by atoms with van der Waals surface area (Å²) in [7, 11) is 1.80. The minimum Gasteiger partial charge on any atom is -0.504 e. The van der Waals surface area contributed by atoms with Crippen LogP contribution in [0.1, 0.15) is 28.4 Å². The number of H-pyrrole nitrogens is 1. The molecule has 3 heterocycles. The van der Waals surface area contributed by atoms with Crippen LogP contribution in [0.5, 0.6) is 28.9 Å². The summed E-state index contributed by atoms with van der Waals surface area (Å²) in [6.07, 6.45) is 1.82. The number of halogens is 2. The van der Waals surface area contributed by atoms with E-state index in [0.29, 0.717) is 35.6 Å². The molecule has 15 heteroatoms. The quantitative estimate of drug-likeness (QED) is 0.198. The van der Waals surface area contributed by atoms with Crippen molar-refractivity contribution >= 4 is 23.6 Å². The van der Waals surface area contributed by atoms with Crippen molar-refractivity contribution in [2.24, 2.45) is 4.99 Å². The maximum Gasteiger partial charge on any atom is 0.345 e.